The van der Waals surface area contributed by atoms with Crippen LogP contribution in [0.5, 0.6) is 0 Å². The van der Waals surface area contributed by atoms with Gasteiger partial charge in [0.15, 0.2) is 5.69 Å². The minimum atomic E-state index is -0.439. The average Bonchev–Trinajstić information content (AvgIpc) is 2.25. The first-order valence-corrected chi connectivity index (χ1v) is 4.43. The van der Waals surface area contributed by atoms with Crippen molar-refractivity contribution < 1.29 is 9.53 Å². The minimum Gasteiger partial charge on any atom is -0.464 e. The van der Waals surface area contributed by atoms with Crippen LogP contribution in [0.15, 0.2) is 12.3 Å². The van der Waals surface area contributed by atoms with Crippen molar-refractivity contribution in [3.05, 3.63) is 29.1 Å². The van der Waals surface area contributed by atoms with Gasteiger partial charge in [-0.2, -0.15) is 0 Å². The summed E-state index contributed by atoms with van der Waals surface area (Å²) in [6.07, 6.45) is 1.53. The lowest BCUT2D eigenvalue weighted by Gasteiger charge is -2.02. The second kappa shape index (κ2) is 5.13. The number of methoxy groups -OCH3 is 1. The smallest absolute Gasteiger partial charge is 0.356 e. The fraction of sp³-hybridized carbons (Fsp3) is 0.273. The quantitative estimate of drug-likeness (QED) is 0.534. The molecule has 0 saturated carbocycles. The van der Waals surface area contributed by atoms with E-state index in [0.717, 1.165) is 11.1 Å². The Hall–Kier alpha value is -1.86. The predicted octanol–water partition coefficient (Wildman–Crippen LogP) is 0.487. The van der Waals surface area contributed by atoms with Gasteiger partial charge in [-0.1, -0.05) is 11.8 Å². The third-order valence-electron chi connectivity index (χ3n) is 1.79. The maximum Gasteiger partial charge on any atom is 0.356 e. The molecule has 0 aliphatic rings. The van der Waals surface area contributed by atoms with Crippen LogP contribution in [0.4, 0.5) is 0 Å². The lowest BCUT2D eigenvalue weighted by molar-refractivity contribution is 0.0593. The molecule has 0 unspecified atom stereocenters. The van der Waals surface area contributed by atoms with Crippen LogP contribution < -0.4 is 5.73 Å². The molecule has 0 amide bonds. The van der Waals surface area contributed by atoms with Gasteiger partial charge in [-0.15, -0.1) is 0 Å². The molecular weight excluding hydrogens is 192 g/mol. The van der Waals surface area contributed by atoms with E-state index in [9.17, 15) is 4.79 Å². The number of ether oxygens (including phenoxy) is 1. The summed E-state index contributed by atoms with van der Waals surface area (Å²) in [5.74, 6) is 5.12. The van der Waals surface area contributed by atoms with Gasteiger partial charge in [0.2, 0.25) is 0 Å². The van der Waals surface area contributed by atoms with Crippen molar-refractivity contribution >= 4 is 5.97 Å². The molecule has 4 nitrogen and oxygen atoms in total. The molecule has 4 heteroatoms. The highest BCUT2D eigenvalue weighted by molar-refractivity contribution is 5.88. The first-order chi connectivity index (χ1) is 7.19. The summed E-state index contributed by atoms with van der Waals surface area (Å²) in [5.41, 5.74) is 7.04. The van der Waals surface area contributed by atoms with Crippen molar-refractivity contribution in [1.82, 2.24) is 4.98 Å². The molecule has 0 aliphatic heterocycles. The number of hydrogen-bond donors (Lipinski definition) is 1. The molecule has 0 fully saturated rings. The topological polar surface area (TPSA) is 65.2 Å². The third-order valence-corrected chi connectivity index (χ3v) is 1.79. The molecule has 0 spiro atoms. The Balaban J connectivity index is 3.03. The molecule has 1 heterocycles. The number of pyridine rings is 1. The van der Waals surface area contributed by atoms with Crippen molar-refractivity contribution in [2.75, 3.05) is 13.7 Å². The van der Waals surface area contributed by atoms with E-state index in [4.69, 9.17) is 5.73 Å². The maximum absolute atomic E-state index is 11.2. The Morgan fingerprint density at radius 1 is 1.67 bits per heavy atom. The lowest BCUT2D eigenvalue weighted by Crippen LogP contribution is -2.06. The van der Waals surface area contributed by atoms with Crippen LogP contribution in [0.2, 0.25) is 0 Å². The summed E-state index contributed by atoms with van der Waals surface area (Å²) in [7, 11) is 1.32. The monoisotopic (exact) mass is 204 g/mol. The van der Waals surface area contributed by atoms with Crippen LogP contribution in [0.25, 0.3) is 0 Å². The van der Waals surface area contributed by atoms with Crippen LogP contribution in [0.3, 0.4) is 0 Å². The second-order valence-corrected chi connectivity index (χ2v) is 2.89. The molecule has 0 bridgehead atoms. The molecule has 78 valence electrons. The standard InChI is InChI=1S/C11H12N2O2/c1-8-6-9(4-3-5-12)7-13-10(8)11(14)15-2/h6-7H,5,12H2,1-2H3. The molecule has 1 aromatic rings. The Kier molecular flexibility index (Phi) is 3.83. The van der Waals surface area contributed by atoms with Crippen molar-refractivity contribution in [3.63, 3.8) is 0 Å². The Morgan fingerprint density at radius 2 is 2.40 bits per heavy atom. The molecule has 0 radical (unpaired) electrons. The van der Waals surface area contributed by atoms with Crippen molar-refractivity contribution in [1.29, 1.82) is 0 Å². The van der Waals surface area contributed by atoms with Gasteiger partial charge >= 0.3 is 5.97 Å². The highest BCUT2D eigenvalue weighted by Gasteiger charge is 2.10. The largest absolute Gasteiger partial charge is 0.464 e. The predicted molar refractivity (Wildman–Crippen MR) is 56.2 cm³/mol. The fourth-order valence-electron chi connectivity index (χ4n) is 1.11. The van der Waals surface area contributed by atoms with Gasteiger partial charge in [-0.25, -0.2) is 9.78 Å². The summed E-state index contributed by atoms with van der Waals surface area (Å²) < 4.78 is 4.58. The number of carbonyl (C=O) groups is 1. The molecule has 0 saturated heterocycles. The van der Waals surface area contributed by atoms with Crippen LogP contribution >= 0.6 is 0 Å². The van der Waals surface area contributed by atoms with E-state index >= 15 is 0 Å². The molecule has 2 N–H and O–H groups in total. The number of esters is 1. The average molecular weight is 204 g/mol. The van der Waals surface area contributed by atoms with E-state index in [0.29, 0.717) is 12.2 Å². The van der Waals surface area contributed by atoms with E-state index in [2.05, 4.69) is 21.6 Å². The minimum absolute atomic E-state index is 0.303. The van der Waals surface area contributed by atoms with Gasteiger partial charge in [0, 0.05) is 11.8 Å². The number of nitrogens with two attached hydrogens (primary N) is 1. The summed E-state index contributed by atoms with van der Waals surface area (Å²) >= 11 is 0. The third kappa shape index (κ3) is 2.79. The van der Waals surface area contributed by atoms with E-state index in [1.165, 1.54) is 13.3 Å². The van der Waals surface area contributed by atoms with Gasteiger partial charge in [0.1, 0.15) is 0 Å². The van der Waals surface area contributed by atoms with E-state index in [1.54, 1.807) is 13.0 Å². The van der Waals surface area contributed by atoms with E-state index in [-0.39, 0.29) is 0 Å². The van der Waals surface area contributed by atoms with Crippen LogP contribution in [0.1, 0.15) is 21.6 Å². The molecule has 1 rings (SSSR count). The van der Waals surface area contributed by atoms with Gasteiger partial charge in [0.25, 0.3) is 0 Å². The Morgan fingerprint density at radius 3 is 2.93 bits per heavy atom. The number of aromatic nitrogens is 1. The molecular formula is C11H12N2O2. The number of carbonyl (C=O) groups excluding carboxylic acids is 1. The van der Waals surface area contributed by atoms with Crippen molar-refractivity contribution in [2.45, 2.75) is 6.92 Å². The van der Waals surface area contributed by atoms with Gasteiger partial charge in [-0.05, 0) is 18.6 Å². The van der Waals surface area contributed by atoms with Gasteiger partial charge < -0.3 is 10.5 Å². The van der Waals surface area contributed by atoms with Gasteiger partial charge in [0.05, 0.1) is 13.7 Å². The summed E-state index contributed by atoms with van der Waals surface area (Å²) in [4.78, 5) is 15.2. The number of aryl methyl sites for hydroxylation is 1. The fourth-order valence-corrected chi connectivity index (χ4v) is 1.11. The van der Waals surface area contributed by atoms with E-state index in [1.807, 2.05) is 0 Å². The molecule has 0 aliphatic carbocycles. The highest BCUT2D eigenvalue weighted by Crippen LogP contribution is 2.07. The maximum atomic E-state index is 11.2. The zero-order chi connectivity index (χ0) is 11.3. The SMILES string of the molecule is COC(=O)c1ncc(C#CCN)cc1C. The van der Waals surface area contributed by atoms with Crippen molar-refractivity contribution in [2.24, 2.45) is 5.73 Å². The second-order valence-electron chi connectivity index (χ2n) is 2.89. The summed E-state index contributed by atoms with van der Waals surface area (Å²) in [5, 5.41) is 0. The number of nitrogens with zero attached hydrogens (tertiary/aromatic N) is 1. The number of rotatable bonds is 1. The zero-order valence-corrected chi connectivity index (χ0v) is 8.70. The molecule has 0 atom stereocenters. The molecule has 15 heavy (non-hydrogen) atoms. The number of hydrogen-bond acceptors (Lipinski definition) is 4. The van der Waals surface area contributed by atoms with E-state index < -0.39 is 5.97 Å². The van der Waals surface area contributed by atoms with Crippen molar-refractivity contribution in [3.8, 4) is 11.8 Å². The van der Waals surface area contributed by atoms with Gasteiger partial charge in [-0.3, -0.25) is 0 Å². The molecule has 1 aromatic heterocycles. The Bertz CT molecular complexity index is 430. The zero-order valence-electron chi connectivity index (χ0n) is 8.70. The van der Waals surface area contributed by atoms with Crippen LogP contribution in [-0.2, 0) is 4.74 Å². The normalized spacial score (nSPS) is 9.00. The highest BCUT2D eigenvalue weighted by atomic mass is 16.5. The summed E-state index contributed by atoms with van der Waals surface area (Å²) in [6, 6.07) is 1.78. The first kappa shape index (κ1) is 11.2. The lowest BCUT2D eigenvalue weighted by atomic mass is 10.1. The van der Waals surface area contributed by atoms with Crippen LogP contribution in [-0.4, -0.2) is 24.6 Å². The summed E-state index contributed by atoms with van der Waals surface area (Å²) in [6.45, 7) is 2.09. The first-order valence-electron chi connectivity index (χ1n) is 4.43. The van der Waals surface area contributed by atoms with Crippen LogP contribution in [0, 0.1) is 18.8 Å². The Labute approximate surface area is 88.5 Å². The molecule has 0 aromatic carbocycles.